The molecule has 7 heteroatoms. The van der Waals surface area contributed by atoms with Crippen LogP contribution in [-0.2, 0) is 33.2 Å². The molecule has 7 nitrogen and oxygen atoms in total. The Hall–Kier alpha value is -0.280. The number of ether oxygens (including phenoxy) is 7. The standard InChI is InChI=1S/C26H54O7/c1-3-5-7-8-9-10-11-12-14-28-16-18-30-20-22-32-24-26-33-25-23-31-21-19-29-17-15-27-13-6-4-2/h3-26H2,1-2H3. The molecule has 0 fully saturated rings. The van der Waals surface area contributed by atoms with Crippen molar-refractivity contribution in [3.05, 3.63) is 0 Å². The summed E-state index contributed by atoms with van der Waals surface area (Å²) in [6.45, 7) is 13.3. The van der Waals surface area contributed by atoms with E-state index in [1.807, 2.05) is 0 Å². The van der Waals surface area contributed by atoms with E-state index in [2.05, 4.69) is 13.8 Å². The van der Waals surface area contributed by atoms with Crippen molar-refractivity contribution in [2.24, 2.45) is 0 Å². The summed E-state index contributed by atoms with van der Waals surface area (Å²) in [5.41, 5.74) is 0. The lowest BCUT2D eigenvalue weighted by Crippen LogP contribution is -2.14. The van der Waals surface area contributed by atoms with E-state index in [0.29, 0.717) is 79.3 Å². The zero-order chi connectivity index (χ0) is 23.9. The summed E-state index contributed by atoms with van der Waals surface area (Å²) in [6, 6.07) is 0. The fourth-order valence-electron chi connectivity index (χ4n) is 3.01. The second kappa shape index (κ2) is 31.7. The molecule has 0 saturated carbocycles. The molecule has 0 aromatic heterocycles. The van der Waals surface area contributed by atoms with E-state index in [0.717, 1.165) is 32.5 Å². The van der Waals surface area contributed by atoms with Crippen molar-refractivity contribution in [1.82, 2.24) is 0 Å². The van der Waals surface area contributed by atoms with E-state index >= 15 is 0 Å². The van der Waals surface area contributed by atoms with E-state index in [1.54, 1.807) is 0 Å². The predicted octanol–water partition coefficient (Wildman–Crippen LogP) is 5.04. The zero-order valence-corrected chi connectivity index (χ0v) is 21.8. The highest BCUT2D eigenvalue weighted by atomic mass is 16.6. The Labute approximate surface area is 204 Å². The summed E-state index contributed by atoms with van der Waals surface area (Å²) in [6.07, 6.45) is 12.9. The summed E-state index contributed by atoms with van der Waals surface area (Å²) in [4.78, 5) is 0. The molecule has 0 N–H and O–H groups in total. The highest BCUT2D eigenvalue weighted by molar-refractivity contribution is 4.46. The van der Waals surface area contributed by atoms with Gasteiger partial charge in [-0.25, -0.2) is 0 Å². The Morgan fingerprint density at radius 3 is 0.818 bits per heavy atom. The number of hydrogen-bond acceptors (Lipinski definition) is 7. The predicted molar refractivity (Wildman–Crippen MR) is 133 cm³/mol. The van der Waals surface area contributed by atoms with Gasteiger partial charge in [0.25, 0.3) is 0 Å². The summed E-state index contributed by atoms with van der Waals surface area (Å²) < 4.78 is 38.4. The number of unbranched alkanes of at least 4 members (excludes halogenated alkanes) is 8. The van der Waals surface area contributed by atoms with Gasteiger partial charge in [0.2, 0.25) is 0 Å². The Morgan fingerprint density at radius 2 is 0.485 bits per heavy atom. The summed E-state index contributed by atoms with van der Waals surface area (Å²) >= 11 is 0. The fraction of sp³-hybridized carbons (Fsp3) is 1.00. The van der Waals surface area contributed by atoms with Gasteiger partial charge in [-0.05, 0) is 12.8 Å². The molecule has 0 saturated heterocycles. The van der Waals surface area contributed by atoms with E-state index in [-0.39, 0.29) is 0 Å². The SMILES string of the molecule is CCCCCCCCCCOCCOCCOCCOCCOCCOCCOCCCC. The normalized spacial score (nSPS) is 11.5. The third kappa shape index (κ3) is 31.7. The number of rotatable bonds is 30. The quantitative estimate of drug-likeness (QED) is 0.134. The Kier molecular flexibility index (Phi) is 31.5. The maximum atomic E-state index is 5.60. The molecule has 0 aromatic carbocycles. The van der Waals surface area contributed by atoms with Gasteiger partial charge in [0.1, 0.15) is 0 Å². The van der Waals surface area contributed by atoms with Crippen molar-refractivity contribution in [2.45, 2.75) is 78.1 Å². The molecule has 0 rings (SSSR count). The molecule has 0 amide bonds. The molecular formula is C26H54O7. The van der Waals surface area contributed by atoms with Crippen LogP contribution in [0, 0.1) is 0 Å². The third-order valence-corrected chi connectivity index (χ3v) is 5.02. The van der Waals surface area contributed by atoms with Crippen LogP contribution in [0.4, 0.5) is 0 Å². The molecule has 0 aromatic rings. The second-order valence-electron chi connectivity index (χ2n) is 8.12. The van der Waals surface area contributed by atoms with Crippen LogP contribution >= 0.6 is 0 Å². The van der Waals surface area contributed by atoms with Crippen LogP contribution in [-0.4, -0.2) is 92.5 Å². The van der Waals surface area contributed by atoms with Crippen molar-refractivity contribution in [3.8, 4) is 0 Å². The van der Waals surface area contributed by atoms with E-state index < -0.39 is 0 Å². The Morgan fingerprint density at radius 1 is 0.242 bits per heavy atom. The molecule has 0 bridgehead atoms. The molecule has 0 aliphatic carbocycles. The molecular weight excluding hydrogens is 424 g/mol. The van der Waals surface area contributed by atoms with Crippen molar-refractivity contribution < 1.29 is 33.2 Å². The van der Waals surface area contributed by atoms with Gasteiger partial charge in [-0.2, -0.15) is 0 Å². The van der Waals surface area contributed by atoms with Crippen LogP contribution < -0.4 is 0 Å². The molecule has 0 radical (unpaired) electrons. The second-order valence-corrected chi connectivity index (χ2v) is 8.12. The first kappa shape index (κ1) is 32.7. The minimum Gasteiger partial charge on any atom is -0.379 e. The van der Waals surface area contributed by atoms with Gasteiger partial charge in [-0.15, -0.1) is 0 Å². The molecule has 0 atom stereocenters. The Balaban J connectivity index is 2.99. The van der Waals surface area contributed by atoms with Crippen LogP contribution in [0.2, 0.25) is 0 Å². The smallest absolute Gasteiger partial charge is 0.0701 e. The maximum absolute atomic E-state index is 5.60. The van der Waals surface area contributed by atoms with Crippen molar-refractivity contribution in [2.75, 3.05) is 92.5 Å². The maximum Gasteiger partial charge on any atom is 0.0701 e. The van der Waals surface area contributed by atoms with Gasteiger partial charge in [0.05, 0.1) is 79.3 Å². The minimum atomic E-state index is 0.566. The summed E-state index contributed by atoms with van der Waals surface area (Å²) in [5.74, 6) is 0. The average Bonchev–Trinajstić information content (AvgIpc) is 2.83. The third-order valence-electron chi connectivity index (χ3n) is 5.02. The lowest BCUT2D eigenvalue weighted by atomic mass is 10.1. The summed E-state index contributed by atoms with van der Waals surface area (Å²) in [5, 5.41) is 0. The van der Waals surface area contributed by atoms with E-state index in [4.69, 9.17) is 33.2 Å². The van der Waals surface area contributed by atoms with E-state index in [9.17, 15) is 0 Å². The van der Waals surface area contributed by atoms with Crippen LogP contribution in [0.1, 0.15) is 78.1 Å². The molecule has 0 unspecified atom stereocenters. The van der Waals surface area contributed by atoms with Gasteiger partial charge in [-0.1, -0.05) is 65.2 Å². The van der Waals surface area contributed by atoms with Crippen LogP contribution in [0.25, 0.3) is 0 Å². The van der Waals surface area contributed by atoms with Gasteiger partial charge < -0.3 is 33.2 Å². The molecule has 33 heavy (non-hydrogen) atoms. The lowest BCUT2D eigenvalue weighted by molar-refractivity contribution is -0.0206. The van der Waals surface area contributed by atoms with Crippen molar-refractivity contribution >= 4 is 0 Å². The van der Waals surface area contributed by atoms with Gasteiger partial charge in [0.15, 0.2) is 0 Å². The lowest BCUT2D eigenvalue weighted by Gasteiger charge is -2.08. The first-order valence-electron chi connectivity index (χ1n) is 13.5. The summed E-state index contributed by atoms with van der Waals surface area (Å²) in [7, 11) is 0. The first-order chi connectivity index (χ1) is 16.4. The highest BCUT2D eigenvalue weighted by Gasteiger charge is 1.95. The average molecular weight is 479 g/mol. The van der Waals surface area contributed by atoms with Crippen LogP contribution in [0.15, 0.2) is 0 Å². The fourth-order valence-corrected chi connectivity index (χ4v) is 3.01. The molecule has 200 valence electrons. The monoisotopic (exact) mass is 478 g/mol. The molecule has 0 aliphatic heterocycles. The number of hydrogen-bond donors (Lipinski definition) is 0. The van der Waals surface area contributed by atoms with Gasteiger partial charge in [-0.3, -0.25) is 0 Å². The van der Waals surface area contributed by atoms with Crippen molar-refractivity contribution in [3.63, 3.8) is 0 Å². The molecule has 0 spiro atoms. The van der Waals surface area contributed by atoms with E-state index in [1.165, 1.54) is 44.9 Å². The first-order valence-corrected chi connectivity index (χ1v) is 13.5. The molecule has 0 aliphatic rings. The van der Waals surface area contributed by atoms with Gasteiger partial charge >= 0.3 is 0 Å². The van der Waals surface area contributed by atoms with Crippen LogP contribution in [0.5, 0.6) is 0 Å². The Bertz CT molecular complexity index is 302. The van der Waals surface area contributed by atoms with Gasteiger partial charge in [0, 0.05) is 13.2 Å². The molecule has 0 heterocycles. The topological polar surface area (TPSA) is 64.6 Å². The van der Waals surface area contributed by atoms with Crippen molar-refractivity contribution in [1.29, 1.82) is 0 Å². The zero-order valence-electron chi connectivity index (χ0n) is 21.8. The minimum absolute atomic E-state index is 0.566. The largest absolute Gasteiger partial charge is 0.379 e. The highest BCUT2D eigenvalue weighted by Crippen LogP contribution is 2.08. The van der Waals surface area contributed by atoms with Crippen LogP contribution in [0.3, 0.4) is 0 Å².